The summed E-state index contributed by atoms with van der Waals surface area (Å²) in [5, 5.41) is 0. The molecule has 162 valence electrons. The molecule has 1 aliphatic carbocycles. The lowest BCUT2D eigenvalue weighted by Gasteiger charge is -2.37. The maximum atomic E-state index is 14.5. The molecule has 3 rings (SSSR count). The number of hydrogen-bond acceptors (Lipinski definition) is 3. The van der Waals surface area contributed by atoms with Gasteiger partial charge in [0.15, 0.2) is 0 Å². The maximum Gasteiger partial charge on any atom is 0.400 e. The van der Waals surface area contributed by atoms with Crippen LogP contribution in [0.5, 0.6) is 0 Å². The van der Waals surface area contributed by atoms with E-state index in [1.165, 1.54) is 13.0 Å². The molecule has 11 heteroatoms. The Labute approximate surface area is 178 Å². The van der Waals surface area contributed by atoms with Gasteiger partial charge >= 0.3 is 6.18 Å². The maximum absolute atomic E-state index is 14.5. The number of piperazine rings is 1. The number of halogens is 6. The number of carbonyl (C=O) groups is 1. The monoisotopic (exact) mass is 474 g/mol. The predicted octanol–water partition coefficient (Wildman–Crippen LogP) is 4.04. The van der Waals surface area contributed by atoms with Gasteiger partial charge in [-0.3, -0.25) is 9.00 Å². The zero-order valence-electron chi connectivity index (χ0n) is 15.8. The molecule has 1 aromatic carbocycles. The summed E-state index contributed by atoms with van der Waals surface area (Å²) in [6.07, 6.45) is -4.22. The first kappa shape index (κ1) is 22.6. The predicted molar refractivity (Wildman–Crippen MR) is 104 cm³/mol. The highest BCUT2D eigenvalue weighted by Gasteiger charge is 2.68. The number of aryl methyl sites for hydroxylation is 1. The molecule has 1 aliphatic heterocycles. The summed E-state index contributed by atoms with van der Waals surface area (Å²) in [5.74, 6) is -2.26. The average molecular weight is 475 g/mol. The topological polar surface area (TPSA) is 40.6 Å². The lowest BCUT2D eigenvalue weighted by molar-refractivity contribution is -0.136. The van der Waals surface area contributed by atoms with Crippen molar-refractivity contribution in [1.82, 2.24) is 4.90 Å². The van der Waals surface area contributed by atoms with Gasteiger partial charge in [0, 0.05) is 31.1 Å². The van der Waals surface area contributed by atoms with Gasteiger partial charge in [-0.05, 0) is 38.0 Å². The fraction of sp³-hybridized carbons (Fsp3) is 0.611. The number of hydrogen-bond donors (Lipinski definition) is 0. The van der Waals surface area contributed by atoms with E-state index < -0.39 is 38.3 Å². The molecule has 1 aromatic rings. The fourth-order valence-electron chi connectivity index (χ4n) is 3.49. The normalized spacial score (nSPS) is 25.1. The molecule has 1 heterocycles. The third-order valence-electron chi connectivity index (χ3n) is 5.42. The summed E-state index contributed by atoms with van der Waals surface area (Å²) in [6, 6.07) is 2.31. The van der Waals surface area contributed by atoms with Crippen LogP contribution in [0.3, 0.4) is 0 Å². The Morgan fingerprint density at radius 2 is 1.76 bits per heavy atom. The van der Waals surface area contributed by atoms with E-state index in [0.717, 1.165) is 6.07 Å². The van der Waals surface area contributed by atoms with Crippen LogP contribution in [0.15, 0.2) is 17.0 Å². The highest BCUT2D eigenvalue weighted by molar-refractivity contribution is 7.85. The molecule has 29 heavy (non-hydrogen) atoms. The summed E-state index contributed by atoms with van der Waals surface area (Å²) in [7, 11) is -2.33. The standard InChI is InChI=1S/C18H20Cl2F4N2O2S/c1-11-7-12(21)13(8-14(11)29(28)10-18(22,23)24)25-3-5-26(6-4-25)15(27)16(2)9-17(16,19)20/h7-8H,3-6,9-10H2,1-2H3. The zero-order valence-corrected chi connectivity index (χ0v) is 18.1. The van der Waals surface area contributed by atoms with E-state index in [9.17, 15) is 26.6 Å². The zero-order chi connectivity index (χ0) is 21.8. The van der Waals surface area contributed by atoms with Crippen LogP contribution in [0.25, 0.3) is 0 Å². The van der Waals surface area contributed by atoms with Crippen molar-refractivity contribution in [3.63, 3.8) is 0 Å². The van der Waals surface area contributed by atoms with E-state index >= 15 is 0 Å². The molecule has 1 saturated heterocycles. The number of nitrogens with zero attached hydrogens (tertiary/aromatic N) is 2. The third-order valence-corrected chi connectivity index (χ3v) is 8.04. The molecule has 0 bridgehead atoms. The van der Waals surface area contributed by atoms with Crippen molar-refractivity contribution >= 4 is 45.6 Å². The molecular formula is C18H20Cl2F4N2O2S. The average Bonchev–Trinajstić information content (AvgIpc) is 3.12. The van der Waals surface area contributed by atoms with Crippen molar-refractivity contribution in [1.29, 1.82) is 0 Å². The first-order valence-electron chi connectivity index (χ1n) is 8.92. The largest absolute Gasteiger partial charge is 0.400 e. The van der Waals surface area contributed by atoms with Crippen LogP contribution in [-0.4, -0.2) is 57.5 Å². The number of rotatable bonds is 4. The van der Waals surface area contributed by atoms with Gasteiger partial charge in [-0.1, -0.05) is 0 Å². The molecule has 1 amide bonds. The molecule has 2 atom stereocenters. The minimum Gasteiger partial charge on any atom is -0.366 e. The molecule has 0 spiro atoms. The number of alkyl halides is 5. The Morgan fingerprint density at radius 1 is 1.21 bits per heavy atom. The van der Waals surface area contributed by atoms with Gasteiger partial charge in [-0.2, -0.15) is 13.2 Å². The van der Waals surface area contributed by atoms with Crippen molar-refractivity contribution in [3.8, 4) is 0 Å². The van der Waals surface area contributed by atoms with Gasteiger partial charge < -0.3 is 9.80 Å². The highest BCUT2D eigenvalue weighted by Crippen LogP contribution is 2.64. The molecule has 2 fully saturated rings. The Kier molecular flexibility index (Phi) is 5.90. The molecule has 2 unspecified atom stereocenters. The molecule has 1 saturated carbocycles. The Balaban J connectivity index is 1.73. The van der Waals surface area contributed by atoms with Crippen LogP contribution in [-0.2, 0) is 15.6 Å². The van der Waals surface area contributed by atoms with Gasteiger partial charge in [-0.15, -0.1) is 23.2 Å². The van der Waals surface area contributed by atoms with Gasteiger partial charge in [0.25, 0.3) is 0 Å². The van der Waals surface area contributed by atoms with E-state index in [-0.39, 0.29) is 35.1 Å². The summed E-state index contributed by atoms with van der Waals surface area (Å²) in [6.45, 7) is 4.28. The van der Waals surface area contributed by atoms with Crippen molar-refractivity contribution < 1.29 is 26.6 Å². The van der Waals surface area contributed by atoms with Crippen molar-refractivity contribution in [2.45, 2.75) is 35.7 Å². The van der Waals surface area contributed by atoms with E-state index in [4.69, 9.17) is 23.2 Å². The summed E-state index contributed by atoms with van der Waals surface area (Å²) < 4.78 is 63.3. The Morgan fingerprint density at radius 3 is 2.24 bits per heavy atom. The highest BCUT2D eigenvalue weighted by atomic mass is 35.5. The van der Waals surface area contributed by atoms with Crippen LogP contribution in [0.1, 0.15) is 18.9 Å². The number of anilines is 1. The first-order valence-corrected chi connectivity index (χ1v) is 11.0. The van der Waals surface area contributed by atoms with Crippen LogP contribution in [0.4, 0.5) is 23.2 Å². The van der Waals surface area contributed by atoms with Gasteiger partial charge in [0.05, 0.1) is 21.9 Å². The summed E-state index contributed by atoms with van der Waals surface area (Å²) >= 11 is 12.1. The minimum absolute atomic E-state index is 0.0446. The summed E-state index contributed by atoms with van der Waals surface area (Å²) in [4.78, 5) is 15.8. The first-order chi connectivity index (χ1) is 13.2. The fourth-order valence-corrected chi connectivity index (χ4v) is 5.30. The number of benzene rings is 1. The molecule has 0 radical (unpaired) electrons. The van der Waals surface area contributed by atoms with E-state index in [2.05, 4.69) is 0 Å². The number of carbonyl (C=O) groups excluding carboxylic acids is 1. The van der Waals surface area contributed by atoms with Gasteiger partial charge in [0.1, 0.15) is 15.9 Å². The molecule has 2 aliphatic rings. The second kappa shape index (κ2) is 7.57. The second-order valence-corrected chi connectivity index (χ2v) is 10.6. The SMILES string of the molecule is Cc1cc(F)c(N2CCN(C(=O)C3(C)CC3(Cl)Cl)CC2)cc1S(=O)CC(F)(F)F. The van der Waals surface area contributed by atoms with Crippen molar-refractivity contribution in [3.05, 3.63) is 23.5 Å². The third kappa shape index (κ3) is 4.51. The van der Waals surface area contributed by atoms with Crippen LogP contribution in [0, 0.1) is 18.2 Å². The lowest BCUT2D eigenvalue weighted by Crippen LogP contribution is -2.51. The molecule has 0 aromatic heterocycles. The van der Waals surface area contributed by atoms with Crippen LogP contribution >= 0.6 is 23.2 Å². The number of amides is 1. The Hall–Kier alpha value is -1.06. The minimum atomic E-state index is -4.59. The van der Waals surface area contributed by atoms with Crippen molar-refractivity contribution in [2.75, 3.05) is 36.8 Å². The second-order valence-electron chi connectivity index (χ2n) is 7.67. The molecular weight excluding hydrogens is 455 g/mol. The summed E-state index contributed by atoms with van der Waals surface area (Å²) in [5.41, 5.74) is -0.561. The van der Waals surface area contributed by atoms with Crippen LogP contribution in [0.2, 0.25) is 0 Å². The van der Waals surface area contributed by atoms with E-state index in [0.29, 0.717) is 19.5 Å². The van der Waals surface area contributed by atoms with E-state index in [1.54, 1.807) is 16.7 Å². The van der Waals surface area contributed by atoms with Gasteiger partial charge in [0.2, 0.25) is 5.91 Å². The molecule has 0 N–H and O–H groups in total. The van der Waals surface area contributed by atoms with Crippen LogP contribution < -0.4 is 4.90 Å². The lowest BCUT2D eigenvalue weighted by atomic mass is 10.1. The van der Waals surface area contributed by atoms with Crippen molar-refractivity contribution in [2.24, 2.45) is 5.41 Å². The smallest absolute Gasteiger partial charge is 0.366 e. The molecule has 4 nitrogen and oxygen atoms in total. The van der Waals surface area contributed by atoms with E-state index in [1.807, 2.05) is 0 Å². The Bertz CT molecular complexity index is 857. The van der Waals surface area contributed by atoms with Gasteiger partial charge in [-0.25, -0.2) is 4.39 Å². The quantitative estimate of drug-likeness (QED) is 0.488.